The Morgan fingerprint density at radius 1 is 1.14 bits per heavy atom. The first-order valence-electron chi connectivity index (χ1n) is 11.8. The van der Waals surface area contributed by atoms with E-state index >= 15 is 0 Å². The standard InChI is InChI=1S/C25H33ClN4O5S/c1-17(31)30(14-15-34-3)13-10-21(28-25(33)35-23-7-6-22(26)36-23)24(32)27-20-5-4-18-8-11-29(2)12-9-19(18)16-20/h4-7,16,21H,8-15H2,1-3H3,(H,27,32)(H,28,33)/t21-/m1/s1. The summed E-state index contributed by atoms with van der Waals surface area (Å²) in [6.07, 6.45) is 1.29. The highest BCUT2D eigenvalue weighted by Gasteiger charge is 2.24. The number of halogens is 1. The van der Waals surface area contributed by atoms with Gasteiger partial charge in [-0.1, -0.05) is 29.0 Å². The zero-order valence-electron chi connectivity index (χ0n) is 20.8. The van der Waals surface area contributed by atoms with Crippen LogP contribution in [0.25, 0.3) is 0 Å². The van der Waals surface area contributed by atoms with Crippen LogP contribution in [0.2, 0.25) is 4.34 Å². The normalized spacial score (nSPS) is 14.3. The van der Waals surface area contributed by atoms with Crippen LogP contribution in [0.5, 0.6) is 5.06 Å². The van der Waals surface area contributed by atoms with Crippen molar-refractivity contribution in [3.8, 4) is 5.06 Å². The molecule has 0 saturated heterocycles. The summed E-state index contributed by atoms with van der Waals surface area (Å²) in [5.41, 5.74) is 3.15. The molecule has 0 saturated carbocycles. The lowest BCUT2D eigenvalue weighted by molar-refractivity contribution is -0.130. The average Bonchev–Trinajstić information content (AvgIpc) is 3.15. The number of carbonyl (C=O) groups excluding carboxylic acids is 3. The SMILES string of the molecule is COCCN(CC[C@@H](NC(=O)Oc1ccc(Cl)s1)C(=O)Nc1ccc2c(c1)CCN(C)CC2)C(C)=O. The first-order valence-corrected chi connectivity index (χ1v) is 13.0. The van der Waals surface area contributed by atoms with Crippen molar-refractivity contribution in [2.45, 2.75) is 32.2 Å². The zero-order chi connectivity index (χ0) is 26.1. The van der Waals surface area contributed by atoms with Crippen molar-refractivity contribution in [3.63, 3.8) is 0 Å². The van der Waals surface area contributed by atoms with Gasteiger partial charge in [-0.15, -0.1) is 0 Å². The van der Waals surface area contributed by atoms with E-state index in [0.29, 0.717) is 28.2 Å². The van der Waals surface area contributed by atoms with E-state index in [0.717, 1.165) is 37.3 Å². The smallest absolute Gasteiger partial charge is 0.399 e. The molecule has 3 rings (SSSR count). The number of methoxy groups -OCH3 is 1. The minimum Gasteiger partial charge on any atom is -0.399 e. The van der Waals surface area contributed by atoms with E-state index in [9.17, 15) is 14.4 Å². The highest BCUT2D eigenvalue weighted by Crippen LogP contribution is 2.28. The second-order valence-corrected chi connectivity index (χ2v) is 10.4. The number of fused-ring (bicyclic) bond motifs is 1. The molecule has 9 nitrogen and oxygen atoms in total. The number of nitrogens with zero attached hydrogens (tertiary/aromatic N) is 2. The summed E-state index contributed by atoms with van der Waals surface area (Å²) in [4.78, 5) is 41.7. The Hall–Kier alpha value is -2.66. The number of anilines is 1. The van der Waals surface area contributed by atoms with Crippen molar-refractivity contribution < 1.29 is 23.9 Å². The number of amides is 3. The first-order chi connectivity index (χ1) is 17.2. The lowest BCUT2D eigenvalue weighted by Crippen LogP contribution is -2.47. The molecule has 1 aromatic heterocycles. The number of likely N-dealkylation sites (N-methyl/N-ethyl adjacent to an activating group) is 1. The third-order valence-corrected chi connectivity index (χ3v) is 7.16. The second-order valence-electron chi connectivity index (χ2n) is 8.71. The Morgan fingerprint density at radius 3 is 2.56 bits per heavy atom. The number of benzene rings is 1. The summed E-state index contributed by atoms with van der Waals surface area (Å²) in [6.45, 7) is 4.43. The van der Waals surface area contributed by atoms with Crippen molar-refractivity contribution >= 4 is 46.5 Å². The molecule has 36 heavy (non-hydrogen) atoms. The number of nitrogens with one attached hydrogen (secondary N) is 2. The third kappa shape index (κ3) is 8.48. The van der Waals surface area contributed by atoms with Gasteiger partial charge in [0.15, 0.2) is 5.06 Å². The predicted molar refractivity (Wildman–Crippen MR) is 141 cm³/mol. The Labute approximate surface area is 220 Å². The Morgan fingerprint density at radius 2 is 1.89 bits per heavy atom. The largest absolute Gasteiger partial charge is 0.414 e. The van der Waals surface area contributed by atoms with Gasteiger partial charge in [0.2, 0.25) is 11.8 Å². The quantitative estimate of drug-likeness (QED) is 0.482. The third-order valence-electron chi connectivity index (χ3n) is 6.05. The van der Waals surface area contributed by atoms with Crippen molar-refractivity contribution in [1.29, 1.82) is 0 Å². The fourth-order valence-electron chi connectivity index (χ4n) is 3.94. The van der Waals surface area contributed by atoms with Crippen LogP contribution in [-0.2, 0) is 27.2 Å². The van der Waals surface area contributed by atoms with Crippen LogP contribution in [-0.4, -0.2) is 80.7 Å². The van der Waals surface area contributed by atoms with Gasteiger partial charge in [-0.2, -0.15) is 0 Å². The van der Waals surface area contributed by atoms with Gasteiger partial charge in [-0.3, -0.25) is 9.59 Å². The van der Waals surface area contributed by atoms with Gasteiger partial charge in [0.1, 0.15) is 6.04 Å². The van der Waals surface area contributed by atoms with Crippen LogP contribution >= 0.6 is 22.9 Å². The van der Waals surface area contributed by atoms with Crippen molar-refractivity contribution in [3.05, 3.63) is 45.8 Å². The molecule has 11 heteroatoms. The average molecular weight is 537 g/mol. The lowest BCUT2D eigenvalue weighted by atomic mass is 10.0. The van der Waals surface area contributed by atoms with Crippen LogP contribution < -0.4 is 15.4 Å². The van der Waals surface area contributed by atoms with E-state index in [1.54, 1.807) is 24.1 Å². The van der Waals surface area contributed by atoms with Gasteiger partial charge in [0.05, 0.1) is 10.9 Å². The molecule has 1 aromatic carbocycles. The summed E-state index contributed by atoms with van der Waals surface area (Å²) in [6, 6.07) is 8.19. The van der Waals surface area contributed by atoms with E-state index in [1.807, 2.05) is 18.2 Å². The summed E-state index contributed by atoms with van der Waals surface area (Å²) >= 11 is 7.02. The molecule has 2 N–H and O–H groups in total. The highest BCUT2D eigenvalue weighted by atomic mass is 35.5. The summed E-state index contributed by atoms with van der Waals surface area (Å²) in [5, 5.41) is 5.88. The van der Waals surface area contributed by atoms with Gasteiger partial charge >= 0.3 is 6.09 Å². The Bertz CT molecular complexity index is 1060. The fourth-order valence-corrected chi connectivity index (χ4v) is 4.81. The van der Waals surface area contributed by atoms with E-state index < -0.39 is 18.0 Å². The van der Waals surface area contributed by atoms with Crippen LogP contribution in [0, 0.1) is 0 Å². The number of rotatable bonds is 10. The first kappa shape index (κ1) is 27.9. The van der Waals surface area contributed by atoms with Crippen LogP contribution in [0.4, 0.5) is 10.5 Å². The van der Waals surface area contributed by atoms with Gasteiger partial charge in [-0.05, 0) is 61.7 Å². The van der Waals surface area contributed by atoms with Crippen molar-refractivity contribution in [2.24, 2.45) is 0 Å². The molecular formula is C25H33ClN4O5S. The number of thiophene rings is 1. The van der Waals surface area contributed by atoms with E-state index in [1.165, 1.54) is 18.1 Å². The molecule has 2 heterocycles. The number of hydrogen-bond acceptors (Lipinski definition) is 7. The van der Waals surface area contributed by atoms with E-state index in [-0.39, 0.29) is 18.9 Å². The van der Waals surface area contributed by atoms with Gasteiger partial charge in [0, 0.05) is 45.9 Å². The van der Waals surface area contributed by atoms with Crippen LogP contribution in [0.1, 0.15) is 24.5 Å². The van der Waals surface area contributed by atoms with Crippen molar-refractivity contribution in [2.75, 3.05) is 52.3 Å². The van der Waals surface area contributed by atoms with Gasteiger partial charge in [0.25, 0.3) is 0 Å². The Balaban J connectivity index is 1.70. The van der Waals surface area contributed by atoms with Crippen LogP contribution in [0.15, 0.2) is 30.3 Å². The maximum absolute atomic E-state index is 13.3. The molecule has 0 unspecified atom stereocenters. The molecule has 0 spiro atoms. The van der Waals surface area contributed by atoms with E-state index in [2.05, 4.69) is 22.6 Å². The maximum Gasteiger partial charge on any atom is 0.414 e. The highest BCUT2D eigenvalue weighted by molar-refractivity contribution is 7.17. The maximum atomic E-state index is 13.3. The molecule has 0 bridgehead atoms. The molecular weight excluding hydrogens is 504 g/mol. The molecule has 0 radical (unpaired) electrons. The molecule has 196 valence electrons. The summed E-state index contributed by atoms with van der Waals surface area (Å²) < 4.78 is 10.8. The topological polar surface area (TPSA) is 100 Å². The summed E-state index contributed by atoms with van der Waals surface area (Å²) in [7, 11) is 3.66. The van der Waals surface area contributed by atoms with Crippen molar-refractivity contribution in [1.82, 2.24) is 15.1 Å². The number of ether oxygens (including phenoxy) is 2. The fraction of sp³-hybridized carbons (Fsp3) is 0.480. The molecule has 1 atom stereocenters. The molecule has 2 aromatic rings. The van der Waals surface area contributed by atoms with Crippen LogP contribution in [0.3, 0.4) is 0 Å². The minimum atomic E-state index is -0.928. The minimum absolute atomic E-state index is 0.141. The molecule has 0 fully saturated rings. The zero-order valence-corrected chi connectivity index (χ0v) is 22.4. The molecule has 0 aliphatic carbocycles. The Kier molecular flexibility index (Phi) is 10.5. The van der Waals surface area contributed by atoms with Gasteiger partial charge < -0.3 is 29.9 Å². The number of hydrogen-bond donors (Lipinski definition) is 2. The number of carbonyl (C=O) groups is 3. The molecule has 1 aliphatic rings. The monoisotopic (exact) mass is 536 g/mol. The molecule has 1 aliphatic heterocycles. The lowest BCUT2D eigenvalue weighted by Gasteiger charge is -2.24. The predicted octanol–water partition coefficient (Wildman–Crippen LogP) is 3.41. The molecule has 3 amide bonds. The summed E-state index contributed by atoms with van der Waals surface area (Å²) in [5.74, 6) is -0.533. The second kappa shape index (κ2) is 13.6. The van der Waals surface area contributed by atoms with E-state index in [4.69, 9.17) is 21.1 Å². The van der Waals surface area contributed by atoms with Gasteiger partial charge in [-0.25, -0.2) is 4.79 Å².